The van der Waals surface area contributed by atoms with Crippen LogP contribution in [0.3, 0.4) is 0 Å². The van der Waals surface area contributed by atoms with E-state index in [0.29, 0.717) is 55.6 Å². The maximum absolute atomic E-state index is 14.4. The molecule has 3 aliphatic carbocycles. The fourth-order valence-corrected chi connectivity index (χ4v) is 9.95. The summed E-state index contributed by atoms with van der Waals surface area (Å²) < 4.78 is 34.5. The monoisotopic (exact) mass is 665 g/mol. The van der Waals surface area contributed by atoms with Crippen molar-refractivity contribution in [3.8, 4) is 0 Å². The normalized spacial score (nSPS) is 29.2. The van der Waals surface area contributed by atoms with Crippen LogP contribution in [0.25, 0.3) is 10.1 Å². The third-order valence-electron chi connectivity index (χ3n) is 10.9. The number of carbonyl (C=O) groups is 1. The van der Waals surface area contributed by atoms with Gasteiger partial charge < -0.3 is 14.9 Å². The number of allylic oxidation sites excluding steroid dienone is 2. The first-order chi connectivity index (χ1) is 21.9. The van der Waals surface area contributed by atoms with Gasteiger partial charge in [0.2, 0.25) is 15.8 Å². The minimum Gasteiger partial charge on any atom is -0.393 e. The quantitative estimate of drug-likeness (QED) is 0.218. The van der Waals surface area contributed by atoms with Gasteiger partial charge >= 0.3 is 0 Å². The Bertz CT molecular complexity index is 1690. The number of benzene rings is 2. The maximum atomic E-state index is 14.4. The minimum atomic E-state index is -3.62. The smallest absolute Gasteiger partial charge is 0.211 e. The van der Waals surface area contributed by atoms with E-state index >= 15 is 0 Å². The Balaban J connectivity index is 1.44. The molecule has 9 heteroatoms. The second-order valence-corrected chi connectivity index (χ2v) is 17.2. The number of ketones is 1. The molecule has 0 radical (unpaired) electrons. The fraction of sp³-hybridized carbons (Fsp3) is 0.541. The number of aliphatic hydroxyl groups excluding tert-OH is 1. The third-order valence-corrected chi connectivity index (χ3v) is 13.2. The van der Waals surface area contributed by atoms with Crippen LogP contribution in [0.1, 0.15) is 97.5 Å². The van der Waals surface area contributed by atoms with Crippen LogP contribution in [-0.2, 0) is 21.2 Å². The van der Waals surface area contributed by atoms with Gasteiger partial charge in [-0.3, -0.25) is 4.79 Å². The van der Waals surface area contributed by atoms with Crippen molar-refractivity contribution in [1.29, 1.82) is 0 Å². The van der Waals surface area contributed by atoms with E-state index in [-0.39, 0.29) is 30.9 Å². The molecule has 3 aromatic rings. The van der Waals surface area contributed by atoms with Gasteiger partial charge in [0.15, 0.2) is 0 Å². The standard InChI is InChI=1S/C37H47NO6S2/c1-25-8-6-17-36(2)32(16-18-37(36,41)24-38(46(3,42)43)23-29-10-7-19-44-29)30-15-13-26(20-28(39)14-12-25)21-31(30)35(40)34-22-27-9-4-5-11-33(27)45-34/h4-5,8-9,11,13,15,21-22,28-29,32,39,41H,6-7,10,12,14,16-20,23-24H2,1-3H3. The van der Waals surface area contributed by atoms with Crippen molar-refractivity contribution in [3.05, 3.63) is 81.7 Å². The second kappa shape index (κ2) is 13.2. The van der Waals surface area contributed by atoms with Crippen LogP contribution in [0.4, 0.5) is 0 Å². The van der Waals surface area contributed by atoms with E-state index in [1.807, 2.05) is 48.5 Å². The number of carbonyl (C=O) groups excluding carboxylic acids is 1. The van der Waals surface area contributed by atoms with Gasteiger partial charge in [0, 0.05) is 35.4 Å². The Morgan fingerprint density at radius 1 is 1.11 bits per heavy atom. The van der Waals surface area contributed by atoms with Crippen LogP contribution in [0.5, 0.6) is 0 Å². The molecule has 2 bridgehead atoms. The zero-order valence-electron chi connectivity index (χ0n) is 27.2. The Morgan fingerprint density at radius 3 is 2.65 bits per heavy atom. The molecule has 2 heterocycles. The molecule has 2 aromatic carbocycles. The molecular weight excluding hydrogens is 619 g/mol. The van der Waals surface area contributed by atoms with Gasteiger partial charge in [0.05, 0.1) is 28.9 Å². The SMILES string of the molecule is CC1=CCCC2(C)C(CCC2(O)CN(CC2CCCO2)S(C)(=O)=O)c2ccc(cc2C(=O)c2cc3ccccc3s2)CC(O)CC1. The number of sulfonamides is 1. The maximum Gasteiger partial charge on any atom is 0.211 e. The highest BCUT2D eigenvalue weighted by atomic mass is 32.2. The van der Waals surface area contributed by atoms with Crippen molar-refractivity contribution in [2.75, 3.05) is 26.0 Å². The first-order valence-corrected chi connectivity index (χ1v) is 19.3. The molecule has 7 nitrogen and oxygen atoms in total. The molecule has 0 spiro atoms. The number of rotatable bonds is 7. The zero-order valence-corrected chi connectivity index (χ0v) is 28.8. The van der Waals surface area contributed by atoms with Crippen LogP contribution in [0, 0.1) is 5.41 Å². The third kappa shape index (κ3) is 6.78. The average Bonchev–Trinajstić information content (AvgIpc) is 3.74. The Hall–Kier alpha value is -2.40. The van der Waals surface area contributed by atoms with Gasteiger partial charge in [-0.2, -0.15) is 4.31 Å². The van der Waals surface area contributed by atoms with Gasteiger partial charge in [0.1, 0.15) is 0 Å². The van der Waals surface area contributed by atoms with E-state index in [9.17, 15) is 23.4 Å². The van der Waals surface area contributed by atoms with E-state index in [1.165, 1.54) is 27.5 Å². The predicted octanol–water partition coefficient (Wildman–Crippen LogP) is 6.61. The summed E-state index contributed by atoms with van der Waals surface area (Å²) in [5.41, 5.74) is 1.58. The molecule has 7 rings (SSSR count). The number of fused-ring (bicyclic) bond motifs is 9. The lowest BCUT2D eigenvalue weighted by molar-refractivity contribution is -0.0753. The van der Waals surface area contributed by atoms with E-state index in [1.54, 1.807) is 0 Å². The summed E-state index contributed by atoms with van der Waals surface area (Å²) in [7, 11) is -3.62. The van der Waals surface area contributed by atoms with Crippen molar-refractivity contribution in [1.82, 2.24) is 4.31 Å². The van der Waals surface area contributed by atoms with E-state index < -0.39 is 27.1 Å². The van der Waals surface area contributed by atoms with Gasteiger partial charge in [-0.15, -0.1) is 11.3 Å². The van der Waals surface area contributed by atoms with Gasteiger partial charge in [0.25, 0.3) is 0 Å². The number of thiophene rings is 1. The molecular formula is C37H47NO6S2. The van der Waals surface area contributed by atoms with Crippen LogP contribution in [0.2, 0.25) is 0 Å². The molecule has 2 N–H and O–H groups in total. The predicted molar refractivity (Wildman–Crippen MR) is 184 cm³/mol. The zero-order chi connectivity index (χ0) is 32.7. The van der Waals surface area contributed by atoms with Crippen molar-refractivity contribution in [2.45, 2.75) is 95.4 Å². The molecule has 1 saturated carbocycles. The van der Waals surface area contributed by atoms with Crippen molar-refractivity contribution in [3.63, 3.8) is 0 Å². The van der Waals surface area contributed by atoms with Crippen LogP contribution < -0.4 is 0 Å². The molecule has 1 aliphatic heterocycles. The van der Waals surface area contributed by atoms with Crippen LogP contribution in [-0.4, -0.2) is 72.5 Å². The van der Waals surface area contributed by atoms with Crippen molar-refractivity contribution < 1.29 is 28.2 Å². The average molecular weight is 666 g/mol. The molecule has 0 amide bonds. The minimum absolute atomic E-state index is 0.00867. The molecule has 1 saturated heterocycles. The van der Waals surface area contributed by atoms with Gasteiger partial charge in [-0.1, -0.05) is 48.9 Å². The summed E-state index contributed by atoms with van der Waals surface area (Å²) >= 11 is 1.48. The highest BCUT2D eigenvalue weighted by Gasteiger charge is 2.58. The number of ether oxygens (including phenoxy) is 1. The van der Waals surface area contributed by atoms with Gasteiger partial charge in [-0.25, -0.2) is 8.42 Å². The van der Waals surface area contributed by atoms with Crippen LogP contribution in [0.15, 0.2) is 60.2 Å². The van der Waals surface area contributed by atoms with E-state index in [4.69, 9.17) is 4.74 Å². The molecule has 5 unspecified atom stereocenters. The molecule has 1 aromatic heterocycles. The highest BCUT2D eigenvalue weighted by molar-refractivity contribution is 7.88. The lowest BCUT2D eigenvalue weighted by atomic mass is 9.65. The first kappa shape index (κ1) is 33.5. The number of hydrogen-bond acceptors (Lipinski definition) is 7. The van der Waals surface area contributed by atoms with Gasteiger partial charge in [-0.05, 0) is 105 Å². The largest absolute Gasteiger partial charge is 0.393 e. The summed E-state index contributed by atoms with van der Waals surface area (Å²) in [4.78, 5) is 15.1. The summed E-state index contributed by atoms with van der Waals surface area (Å²) in [6.45, 7) is 5.03. The summed E-state index contributed by atoms with van der Waals surface area (Å²) in [5, 5.41) is 24.6. The first-order valence-electron chi connectivity index (χ1n) is 16.7. The Labute approximate surface area is 277 Å². The van der Waals surface area contributed by atoms with Crippen molar-refractivity contribution in [2.24, 2.45) is 5.41 Å². The fourth-order valence-electron chi connectivity index (χ4n) is 8.05. The molecule has 4 aliphatic rings. The second-order valence-electron chi connectivity index (χ2n) is 14.1. The summed E-state index contributed by atoms with van der Waals surface area (Å²) in [6, 6.07) is 16.0. The molecule has 46 heavy (non-hydrogen) atoms. The lowest BCUT2D eigenvalue weighted by Gasteiger charge is -2.46. The number of aliphatic hydroxyl groups is 2. The lowest BCUT2D eigenvalue weighted by Crippen LogP contribution is -2.54. The molecule has 2 fully saturated rings. The topological polar surface area (TPSA) is 104 Å². The Kier molecular flexibility index (Phi) is 9.65. The molecule has 5 atom stereocenters. The van der Waals surface area contributed by atoms with E-state index in [0.717, 1.165) is 40.5 Å². The number of nitrogens with zero attached hydrogens (tertiary/aromatic N) is 1. The summed E-state index contributed by atoms with van der Waals surface area (Å²) in [5.74, 6) is -0.227. The van der Waals surface area contributed by atoms with Crippen LogP contribution >= 0.6 is 11.3 Å². The Morgan fingerprint density at radius 2 is 1.91 bits per heavy atom. The van der Waals surface area contributed by atoms with Crippen molar-refractivity contribution >= 4 is 37.2 Å². The molecule has 248 valence electrons. The highest BCUT2D eigenvalue weighted by Crippen LogP contribution is 2.59. The van der Waals surface area contributed by atoms with E-state index in [2.05, 4.69) is 19.9 Å². The summed E-state index contributed by atoms with van der Waals surface area (Å²) in [6.07, 6.45) is 8.67. The number of hydrogen-bond donors (Lipinski definition) is 2.